The minimum atomic E-state index is -0.101. The lowest BCUT2D eigenvalue weighted by molar-refractivity contribution is -0.0775. The fraction of sp³-hybridized carbons (Fsp3) is 1.00. The molecule has 2 saturated carbocycles. The molecule has 0 radical (unpaired) electrons. The Morgan fingerprint density at radius 2 is 1.93 bits per heavy atom. The van der Waals surface area contributed by atoms with Gasteiger partial charge in [-0.3, -0.25) is 0 Å². The highest BCUT2D eigenvalue weighted by Gasteiger charge is 2.47. The molecule has 0 aromatic heterocycles. The van der Waals surface area contributed by atoms with E-state index in [-0.39, 0.29) is 11.5 Å². The van der Waals surface area contributed by atoms with Crippen LogP contribution in [0.25, 0.3) is 0 Å². The van der Waals surface area contributed by atoms with E-state index in [0.29, 0.717) is 12.1 Å². The van der Waals surface area contributed by atoms with E-state index >= 15 is 0 Å². The molecule has 2 rings (SSSR count). The maximum atomic E-state index is 9.69. The summed E-state index contributed by atoms with van der Waals surface area (Å²) in [6, 6.07) is 1.23. The van der Waals surface area contributed by atoms with Gasteiger partial charge in [0.2, 0.25) is 0 Å². The first-order valence-electron chi connectivity index (χ1n) is 6.44. The molecule has 2 fully saturated rings. The Morgan fingerprint density at radius 1 is 1.20 bits per heavy atom. The van der Waals surface area contributed by atoms with E-state index in [1.807, 2.05) is 0 Å². The standard InChI is InChI=1S/C13H25NO/c1-9-5-4-6-10(7-9)14-11-8-12(15)13(11,2)3/h9-12,14-15H,4-8H2,1-3H3. The Balaban J connectivity index is 1.82. The highest BCUT2D eigenvalue weighted by atomic mass is 16.3. The first-order chi connectivity index (χ1) is 7.00. The second kappa shape index (κ2) is 4.06. The molecule has 0 aromatic carbocycles. The number of hydrogen-bond acceptors (Lipinski definition) is 2. The van der Waals surface area contributed by atoms with Crippen molar-refractivity contribution in [1.82, 2.24) is 5.32 Å². The molecule has 2 aliphatic carbocycles. The molecule has 0 amide bonds. The van der Waals surface area contributed by atoms with E-state index in [1.54, 1.807) is 0 Å². The average molecular weight is 211 g/mol. The molecule has 4 atom stereocenters. The lowest BCUT2D eigenvalue weighted by Gasteiger charge is -2.51. The van der Waals surface area contributed by atoms with Gasteiger partial charge in [-0.15, -0.1) is 0 Å². The van der Waals surface area contributed by atoms with Crippen LogP contribution in [0, 0.1) is 11.3 Å². The molecular weight excluding hydrogens is 186 g/mol. The second-order valence-electron chi connectivity index (χ2n) is 6.26. The third-order valence-electron chi connectivity index (χ3n) is 4.59. The van der Waals surface area contributed by atoms with Crippen LogP contribution in [0.5, 0.6) is 0 Å². The Kier molecular flexibility index (Phi) is 3.09. The van der Waals surface area contributed by atoms with Crippen LogP contribution in [0.1, 0.15) is 52.9 Å². The van der Waals surface area contributed by atoms with E-state index in [1.165, 1.54) is 25.7 Å². The van der Waals surface area contributed by atoms with Crippen molar-refractivity contribution < 1.29 is 5.11 Å². The summed E-state index contributed by atoms with van der Waals surface area (Å²) in [5.74, 6) is 0.879. The summed E-state index contributed by atoms with van der Waals surface area (Å²) in [6.45, 7) is 6.70. The Hall–Kier alpha value is -0.0800. The van der Waals surface area contributed by atoms with Crippen LogP contribution in [0.4, 0.5) is 0 Å². The highest BCUT2D eigenvalue weighted by molar-refractivity contribution is 5.02. The quantitative estimate of drug-likeness (QED) is 0.734. The molecule has 2 heteroatoms. The Labute approximate surface area is 93.5 Å². The predicted molar refractivity (Wildman–Crippen MR) is 62.7 cm³/mol. The lowest BCUT2D eigenvalue weighted by Crippen LogP contribution is -2.62. The number of nitrogens with one attached hydrogen (secondary N) is 1. The summed E-state index contributed by atoms with van der Waals surface area (Å²) >= 11 is 0. The van der Waals surface area contributed by atoms with Gasteiger partial charge in [0.25, 0.3) is 0 Å². The largest absolute Gasteiger partial charge is 0.392 e. The maximum absolute atomic E-state index is 9.69. The van der Waals surface area contributed by atoms with Gasteiger partial charge >= 0.3 is 0 Å². The highest BCUT2D eigenvalue weighted by Crippen LogP contribution is 2.41. The van der Waals surface area contributed by atoms with Crippen LogP contribution in [0.3, 0.4) is 0 Å². The minimum absolute atomic E-state index is 0.0840. The molecular formula is C13H25NO. The number of aliphatic hydroxyl groups is 1. The average Bonchev–Trinajstić information content (AvgIpc) is 2.17. The van der Waals surface area contributed by atoms with E-state index in [2.05, 4.69) is 26.1 Å². The van der Waals surface area contributed by atoms with Gasteiger partial charge in [-0.2, -0.15) is 0 Å². The molecule has 88 valence electrons. The number of rotatable bonds is 2. The smallest absolute Gasteiger partial charge is 0.0621 e. The summed E-state index contributed by atoms with van der Waals surface area (Å²) in [6.07, 6.45) is 6.26. The molecule has 0 aromatic rings. The van der Waals surface area contributed by atoms with Gasteiger partial charge < -0.3 is 10.4 Å². The third-order valence-corrected chi connectivity index (χ3v) is 4.59. The van der Waals surface area contributed by atoms with Gasteiger partial charge in [0, 0.05) is 17.5 Å². The van der Waals surface area contributed by atoms with Crippen molar-refractivity contribution in [2.24, 2.45) is 11.3 Å². The van der Waals surface area contributed by atoms with Gasteiger partial charge in [0.05, 0.1) is 6.10 Å². The zero-order valence-corrected chi connectivity index (χ0v) is 10.3. The maximum Gasteiger partial charge on any atom is 0.0621 e. The van der Waals surface area contributed by atoms with Crippen molar-refractivity contribution in [2.45, 2.75) is 71.1 Å². The van der Waals surface area contributed by atoms with Crippen molar-refractivity contribution in [3.8, 4) is 0 Å². The van der Waals surface area contributed by atoms with Crippen LogP contribution in [0.15, 0.2) is 0 Å². The van der Waals surface area contributed by atoms with Gasteiger partial charge in [-0.1, -0.05) is 33.6 Å². The van der Waals surface area contributed by atoms with Crippen LogP contribution in [0.2, 0.25) is 0 Å². The molecule has 2 nitrogen and oxygen atoms in total. The molecule has 0 bridgehead atoms. The first-order valence-corrected chi connectivity index (χ1v) is 6.44. The van der Waals surface area contributed by atoms with E-state index in [9.17, 15) is 5.11 Å². The van der Waals surface area contributed by atoms with Crippen LogP contribution in [-0.2, 0) is 0 Å². The molecule has 2 aliphatic rings. The molecule has 4 unspecified atom stereocenters. The summed E-state index contributed by atoms with van der Waals surface area (Å²) in [4.78, 5) is 0. The molecule has 0 spiro atoms. The monoisotopic (exact) mass is 211 g/mol. The van der Waals surface area contributed by atoms with E-state index in [4.69, 9.17) is 0 Å². The van der Waals surface area contributed by atoms with Crippen molar-refractivity contribution in [3.63, 3.8) is 0 Å². The van der Waals surface area contributed by atoms with E-state index < -0.39 is 0 Å². The first kappa shape index (κ1) is 11.4. The molecule has 2 N–H and O–H groups in total. The van der Waals surface area contributed by atoms with Crippen molar-refractivity contribution >= 4 is 0 Å². The molecule has 0 heterocycles. The van der Waals surface area contributed by atoms with E-state index in [0.717, 1.165) is 12.3 Å². The van der Waals surface area contributed by atoms with Gasteiger partial charge in [0.15, 0.2) is 0 Å². The lowest BCUT2D eigenvalue weighted by atomic mass is 9.64. The number of hydrogen-bond donors (Lipinski definition) is 2. The van der Waals surface area contributed by atoms with Gasteiger partial charge in [0.1, 0.15) is 0 Å². The fourth-order valence-corrected chi connectivity index (χ4v) is 3.06. The predicted octanol–water partition coefficient (Wildman–Crippen LogP) is 2.31. The minimum Gasteiger partial charge on any atom is -0.392 e. The zero-order valence-electron chi connectivity index (χ0n) is 10.3. The topological polar surface area (TPSA) is 32.3 Å². The summed E-state index contributed by atoms with van der Waals surface area (Å²) in [7, 11) is 0. The summed E-state index contributed by atoms with van der Waals surface area (Å²) in [5, 5.41) is 13.4. The van der Waals surface area contributed by atoms with Gasteiger partial charge in [-0.25, -0.2) is 0 Å². The normalized spacial score (nSPS) is 44.8. The SMILES string of the molecule is CC1CCCC(NC2CC(O)C2(C)C)C1. The fourth-order valence-electron chi connectivity index (χ4n) is 3.06. The van der Waals surface area contributed by atoms with Crippen LogP contribution < -0.4 is 5.32 Å². The second-order valence-corrected chi connectivity index (χ2v) is 6.26. The van der Waals surface area contributed by atoms with Crippen LogP contribution in [-0.4, -0.2) is 23.3 Å². The molecule has 0 aliphatic heterocycles. The molecule has 0 saturated heterocycles. The summed E-state index contributed by atoms with van der Waals surface area (Å²) in [5.41, 5.74) is 0.0840. The van der Waals surface area contributed by atoms with Crippen molar-refractivity contribution in [1.29, 1.82) is 0 Å². The van der Waals surface area contributed by atoms with Crippen molar-refractivity contribution in [3.05, 3.63) is 0 Å². The zero-order chi connectivity index (χ0) is 11.1. The summed E-state index contributed by atoms with van der Waals surface area (Å²) < 4.78 is 0. The molecule has 15 heavy (non-hydrogen) atoms. The Morgan fingerprint density at radius 3 is 2.47 bits per heavy atom. The number of aliphatic hydroxyl groups excluding tert-OH is 1. The third kappa shape index (κ3) is 2.21. The van der Waals surface area contributed by atoms with Crippen LogP contribution >= 0.6 is 0 Å². The Bertz CT molecular complexity index is 227. The van der Waals surface area contributed by atoms with Crippen molar-refractivity contribution in [2.75, 3.05) is 0 Å². The van der Waals surface area contributed by atoms with Gasteiger partial charge in [-0.05, 0) is 25.2 Å².